The lowest BCUT2D eigenvalue weighted by atomic mass is 10.0. The van der Waals surface area contributed by atoms with Crippen molar-refractivity contribution in [1.82, 2.24) is 19.9 Å². The zero-order valence-electron chi connectivity index (χ0n) is 34.4. The maximum atomic E-state index is 7.32. The molecule has 0 radical (unpaired) electrons. The van der Waals surface area contributed by atoms with E-state index in [2.05, 4.69) is 121 Å². The van der Waals surface area contributed by atoms with Crippen molar-refractivity contribution in [3.63, 3.8) is 0 Å². The second kappa shape index (κ2) is 13.9. The van der Waals surface area contributed by atoms with Crippen molar-refractivity contribution >= 4 is 126 Å². The first-order chi connectivity index (χ1) is 32.3. The second-order valence-corrected chi connectivity index (χ2v) is 21.0. The Morgan fingerprint density at radius 3 is 1.43 bits per heavy atom. The maximum absolute atomic E-state index is 7.32. The average molecular weight is 869 g/mol. The van der Waals surface area contributed by atoms with Gasteiger partial charge in [0.05, 0.1) is 15.3 Å². The molecule has 6 aromatic carbocycles. The van der Waals surface area contributed by atoms with Crippen LogP contribution < -0.4 is 21.0 Å². The highest BCUT2D eigenvalue weighted by Gasteiger charge is 2.48. The van der Waals surface area contributed by atoms with Crippen LogP contribution in [-0.2, 0) is 0 Å². The fourth-order valence-corrected chi connectivity index (χ4v) is 16.6. The number of pyridine rings is 4. The van der Waals surface area contributed by atoms with E-state index in [9.17, 15) is 0 Å². The minimum atomic E-state index is -3.45. The van der Waals surface area contributed by atoms with Crippen LogP contribution in [0.4, 0.5) is 0 Å². The third-order valence-electron chi connectivity index (χ3n) is 13.0. The Morgan fingerprint density at radius 2 is 0.785 bits per heavy atom. The molecule has 8 heterocycles. The molecule has 0 aliphatic rings. The topological polar surface area (TPSA) is 91.0 Å². The van der Waals surface area contributed by atoms with Gasteiger partial charge in [0, 0.05) is 83.7 Å². The van der Waals surface area contributed by atoms with Crippen LogP contribution >= 0.6 is 11.3 Å². The van der Waals surface area contributed by atoms with Crippen molar-refractivity contribution in [2.45, 2.75) is 0 Å². The largest absolute Gasteiger partial charge is 0.454 e. The van der Waals surface area contributed by atoms with Crippen molar-refractivity contribution in [3.05, 3.63) is 195 Å². The van der Waals surface area contributed by atoms with Crippen LogP contribution in [0, 0.1) is 0 Å². The summed E-state index contributed by atoms with van der Waals surface area (Å²) in [6.45, 7) is 0. The number of thiophene rings is 1. The quantitative estimate of drug-likeness (QED) is 0.154. The molecule has 9 heteroatoms. The Labute approximate surface area is 374 Å². The molecule has 0 unspecified atom stereocenters. The number of para-hydroxylation sites is 3. The molecule has 7 nitrogen and oxygen atoms in total. The third-order valence-corrected chi connectivity index (χ3v) is 19.0. The number of nitrogens with zero attached hydrogens (tertiary/aromatic N) is 4. The summed E-state index contributed by atoms with van der Waals surface area (Å²) in [4.78, 5) is 20.9. The summed E-state index contributed by atoms with van der Waals surface area (Å²) in [7, 11) is -3.45. The second-order valence-electron chi connectivity index (χ2n) is 16.4. The van der Waals surface area contributed by atoms with Crippen molar-refractivity contribution in [2.75, 3.05) is 0 Å². The summed E-state index contributed by atoms with van der Waals surface area (Å²) in [6.07, 6.45) is 7.65. The highest BCUT2D eigenvalue weighted by Crippen LogP contribution is 2.44. The number of benzene rings is 6. The molecule has 14 rings (SSSR count). The van der Waals surface area contributed by atoms with Gasteiger partial charge in [-0.05, 0) is 52.8 Å². The number of rotatable bonds is 6. The van der Waals surface area contributed by atoms with Crippen LogP contribution in [0.3, 0.4) is 0 Å². The van der Waals surface area contributed by atoms with Crippen LogP contribution in [0.25, 0.3) is 109 Å². The zero-order chi connectivity index (χ0) is 42.6. The van der Waals surface area contributed by atoms with Crippen LogP contribution in [-0.4, -0.2) is 28.0 Å². The standard InChI is InChI=1S/C56H32N4O3SSi/c1-3-13-33(14-4-1)65(34-15-5-2-6-16-34,55-52-40(27-31-59-55)37-19-11-21-43(49(37)63-52)47-50-38(25-29-57-47)35-17-7-9-23-45(35)61-50)56-54-42(28-32-60-56)41-20-12-22-44(53(41)64-54)48-51-39(26-30-58-48)36-18-8-10-24-46(36)62-51/h1-32H. The molecule has 0 aliphatic carbocycles. The zero-order valence-corrected chi connectivity index (χ0v) is 36.2. The van der Waals surface area contributed by atoms with Gasteiger partial charge in [0.1, 0.15) is 28.1 Å². The molecule has 0 fully saturated rings. The van der Waals surface area contributed by atoms with E-state index >= 15 is 0 Å². The SMILES string of the molecule is c1ccc([Si](c2ccccc2)(c2nccc3c2oc2c(-c4nccc5c4oc4ccccc45)cccc23)c2nccc3c2sc2c(-c4nccc5c4oc4ccccc45)cccc23)cc1. The van der Waals surface area contributed by atoms with E-state index in [0.717, 1.165) is 130 Å². The number of furan rings is 3. The van der Waals surface area contributed by atoms with Gasteiger partial charge in [-0.3, -0.25) is 19.9 Å². The van der Waals surface area contributed by atoms with Gasteiger partial charge in [-0.15, -0.1) is 11.3 Å². The normalized spacial score (nSPS) is 12.3. The molecule has 14 aromatic rings. The number of fused-ring (bicyclic) bond motifs is 12. The van der Waals surface area contributed by atoms with Gasteiger partial charge in [0.2, 0.25) is 8.07 Å². The molecule has 0 atom stereocenters. The van der Waals surface area contributed by atoms with Crippen molar-refractivity contribution in [1.29, 1.82) is 0 Å². The number of aromatic nitrogens is 4. The predicted octanol–water partition coefficient (Wildman–Crippen LogP) is 12.0. The molecule has 65 heavy (non-hydrogen) atoms. The minimum absolute atomic E-state index is 0.726. The Morgan fingerprint density at radius 1 is 0.323 bits per heavy atom. The van der Waals surface area contributed by atoms with E-state index < -0.39 is 8.07 Å². The molecule has 0 spiro atoms. The molecule has 0 saturated heterocycles. The fourth-order valence-electron chi connectivity index (χ4n) is 10.2. The van der Waals surface area contributed by atoms with Gasteiger partial charge in [-0.2, -0.15) is 0 Å². The van der Waals surface area contributed by atoms with Crippen molar-refractivity contribution < 1.29 is 13.3 Å². The number of hydrogen-bond acceptors (Lipinski definition) is 8. The first-order valence-electron chi connectivity index (χ1n) is 21.5. The highest BCUT2D eigenvalue weighted by atomic mass is 32.1. The minimum Gasteiger partial charge on any atom is -0.454 e. The van der Waals surface area contributed by atoms with Crippen molar-refractivity contribution in [2.24, 2.45) is 0 Å². The van der Waals surface area contributed by atoms with Gasteiger partial charge >= 0.3 is 0 Å². The van der Waals surface area contributed by atoms with Gasteiger partial charge in [-0.25, -0.2) is 0 Å². The predicted molar refractivity (Wildman–Crippen MR) is 267 cm³/mol. The summed E-state index contributed by atoms with van der Waals surface area (Å²) in [6, 6.07) is 59.0. The van der Waals surface area contributed by atoms with E-state index in [4.69, 9.17) is 33.2 Å². The van der Waals surface area contributed by atoms with E-state index in [-0.39, 0.29) is 0 Å². The molecule has 0 N–H and O–H groups in total. The molecule has 8 aromatic heterocycles. The first kappa shape index (κ1) is 36.3. The fraction of sp³-hybridized carbons (Fsp3) is 0. The van der Waals surface area contributed by atoms with E-state index in [0.29, 0.717) is 0 Å². The molecular formula is C56H32N4O3SSi. The molecule has 0 bridgehead atoms. The Hall–Kier alpha value is -8.24. The Balaban J connectivity index is 1.07. The Kier molecular flexibility index (Phi) is 7.74. The van der Waals surface area contributed by atoms with Crippen LogP contribution in [0.15, 0.2) is 208 Å². The third kappa shape index (κ3) is 5.10. The Bertz CT molecular complexity index is 3940. The van der Waals surface area contributed by atoms with E-state index in [1.165, 1.54) is 0 Å². The van der Waals surface area contributed by atoms with Crippen LogP contribution in [0.5, 0.6) is 0 Å². The maximum Gasteiger partial charge on any atom is 0.230 e. The summed E-state index contributed by atoms with van der Waals surface area (Å²) in [5.74, 6) is 0. The summed E-state index contributed by atoms with van der Waals surface area (Å²) in [5, 5.41) is 12.5. The van der Waals surface area contributed by atoms with Gasteiger partial charge < -0.3 is 13.3 Å². The van der Waals surface area contributed by atoms with Crippen LogP contribution in [0.1, 0.15) is 0 Å². The summed E-state index contributed by atoms with van der Waals surface area (Å²) >= 11 is 1.76. The smallest absolute Gasteiger partial charge is 0.230 e. The van der Waals surface area contributed by atoms with Gasteiger partial charge in [0.15, 0.2) is 16.7 Å². The van der Waals surface area contributed by atoms with Crippen LogP contribution in [0.2, 0.25) is 0 Å². The number of hydrogen-bond donors (Lipinski definition) is 0. The van der Waals surface area contributed by atoms with Gasteiger partial charge in [-0.1, -0.05) is 127 Å². The molecule has 0 saturated carbocycles. The average Bonchev–Trinajstić information content (AvgIpc) is 4.16. The monoisotopic (exact) mass is 868 g/mol. The van der Waals surface area contributed by atoms with E-state index in [1.807, 2.05) is 73.3 Å². The van der Waals surface area contributed by atoms with Crippen molar-refractivity contribution in [3.8, 4) is 22.5 Å². The summed E-state index contributed by atoms with van der Waals surface area (Å²) < 4.78 is 22.6. The molecule has 0 amide bonds. The lowest BCUT2D eigenvalue weighted by Crippen LogP contribution is -2.76. The lowest BCUT2D eigenvalue weighted by molar-refractivity contribution is 0.664. The molecule has 0 aliphatic heterocycles. The first-order valence-corrected chi connectivity index (χ1v) is 24.3. The molecular weight excluding hydrogens is 837 g/mol. The van der Waals surface area contributed by atoms with Gasteiger partial charge in [0.25, 0.3) is 0 Å². The molecule has 304 valence electrons. The summed E-state index contributed by atoms with van der Waals surface area (Å²) in [5.41, 5.74) is 8.04. The lowest BCUT2D eigenvalue weighted by Gasteiger charge is -2.32. The highest BCUT2D eigenvalue weighted by molar-refractivity contribution is 7.31. The van der Waals surface area contributed by atoms with E-state index in [1.54, 1.807) is 11.3 Å².